The summed E-state index contributed by atoms with van der Waals surface area (Å²) < 4.78 is 11.1. The van der Waals surface area contributed by atoms with Crippen molar-refractivity contribution in [2.75, 3.05) is 40.3 Å². The van der Waals surface area contributed by atoms with Crippen LogP contribution in [0.15, 0.2) is 46.2 Å². The summed E-state index contributed by atoms with van der Waals surface area (Å²) in [6.07, 6.45) is 3.64. The number of ether oxygens (including phenoxy) is 1. The molecule has 1 aliphatic rings. The fourth-order valence-electron chi connectivity index (χ4n) is 4.31. The lowest BCUT2D eigenvalue weighted by Gasteiger charge is -2.33. The molecule has 0 saturated carbocycles. The van der Waals surface area contributed by atoms with E-state index in [-0.39, 0.29) is 0 Å². The number of likely N-dealkylation sites (tertiary alicyclic amines) is 1. The zero-order chi connectivity index (χ0) is 21.6. The van der Waals surface area contributed by atoms with Crippen molar-refractivity contribution >= 4 is 11.3 Å². The molecular weight excluding hydrogens is 406 g/mol. The molecule has 0 unspecified atom stereocenters. The van der Waals surface area contributed by atoms with E-state index in [1.165, 1.54) is 31.5 Å². The second kappa shape index (κ2) is 10.4. The van der Waals surface area contributed by atoms with Gasteiger partial charge in [-0.3, -0.25) is 0 Å². The minimum absolute atomic E-state index is 0.751. The van der Waals surface area contributed by atoms with Crippen molar-refractivity contribution in [1.82, 2.24) is 14.8 Å². The quantitative estimate of drug-likeness (QED) is 0.464. The molecule has 1 aliphatic heterocycles. The Bertz CT molecular complexity index is 928. The van der Waals surface area contributed by atoms with Crippen LogP contribution in [-0.2, 0) is 13.0 Å². The highest BCUT2D eigenvalue weighted by atomic mass is 32.1. The lowest BCUT2D eigenvalue weighted by atomic mass is 9.96. The van der Waals surface area contributed by atoms with E-state index in [1.54, 1.807) is 18.4 Å². The van der Waals surface area contributed by atoms with Crippen LogP contribution in [0.5, 0.6) is 5.75 Å². The van der Waals surface area contributed by atoms with E-state index in [0.717, 1.165) is 59.9 Å². The number of oxazole rings is 1. The standard InChI is InChI=1S/C25H33N3O2S/c1-19-23(26-25(30-19)24-5-4-16-31-24)18-27(2)17-21-11-14-28(15-12-21)13-10-20-6-8-22(29-3)9-7-20/h4-9,16,21H,10-15,17-18H2,1-3H3. The first-order valence-electron chi connectivity index (χ1n) is 11.1. The van der Waals surface area contributed by atoms with Gasteiger partial charge in [-0.15, -0.1) is 11.3 Å². The van der Waals surface area contributed by atoms with Crippen LogP contribution in [0.4, 0.5) is 0 Å². The molecule has 31 heavy (non-hydrogen) atoms. The van der Waals surface area contributed by atoms with Gasteiger partial charge in [0.25, 0.3) is 0 Å². The lowest BCUT2D eigenvalue weighted by molar-refractivity contribution is 0.152. The van der Waals surface area contributed by atoms with Gasteiger partial charge >= 0.3 is 0 Å². The fraction of sp³-hybridized carbons (Fsp3) is 0.480. The first-order valence-corrected chi connectivity index (χ1v) is 12.0. The summed E-state index contributed by atoms with van der Waals surface area (Å²) in [4.78, 5) is 10.9. The number of nitrogens with zero attached hydrogens (tertiary/aromatic N) is 3. The van der Waals surface area contributed by atoms with Crippen LogP contribution < -0.4 is 4.74 Å². The first kappa shape index (κ1) is 22.1. The van der Waals surface area contributed by atoms with Gasteiger partial charge in [0, 0.05) is 19.6 Å². The Hall–Kier alpha value is -2.15. The predicted octanol–water partition coefficient (Wildman–Crippen LogP) is 5.11. The molecule has 2 aromatic heterocycles. The summed E-state index contributed by atoms with van der Waals surface area (Å²) in [5.74, 6) is 3.37. The minimum Gasteiger partial charge on any atom is -0.497 e. The van der Waals surface area contributed by atoms with Crippen LogP contribution in [0.25, 0.3) is 10.8 Å². The zero-order valence-electron chi connectivity index (χ0n) is 18.8. The number of thiophene rings is 1. The summed E-state index contributed by atoms with van der Waals surface area (Å²) in [5.41, 5.74) is 2.44. The number of hydrogen-bond acceptors (Lipinski definition) is 6. The minimum atomic E-state index is 0.751. The van der Waals surface area contributed by atoms with Gasteiger partial charge < -0.3 is 19.0 Å². The molecule has 0 radical (unpaired) electrons. The summed E-state index contributed by atoms with van der Waals surface area (Å²) in [6.45, 7) is 7.51. The molecule has 5 nitrogen and oxygen atoms in total. The Morgan fingerprint density at radius 2 is 1.97 bits per heavy atom. The number of methoxy groups -OCH3 is 1. The molecule has 0 atom stereocenters. The number of aromatic nitrogens is 1. The highest BCUT2D eigenvalue weighted by molar-refractivity contribution is 7.13. The first-order chi connectivity index (χ1) is 15.1. The van der Waals surface area contributed by atoms with Crippen LogP contribution >= 0.6 is 11.3 Å². The van der Waals surface area contributed by atoms with Crippen LogP contribution in [0.3, 0.4) is 0 Å². The van der Waals surface area contributed by atoms with Crippen molar-refractivity contribution in [3.05, 3.63) is 58.8 Å². The van der Waals surface area contributed by atoms with Gasteiger partial charge in [0.15, 0.2) is 0 Å². The van der Waals surface area contributed by atoms with E-state index in [0.29, 0.717) is 0 Å². The van der Waals surface area contributed by atoms with E-state index in [2.05, 4.69) is 52.6 Å². The Kier molecular flexibility index (Phi) is 7.43. The van der Waals surface area contributed by atoms with Crippen molar-refractivity contribution in [2.45, 2.75) is 32.7 Å². The Morgan fingerprint density at radius 1 is 1.19 bits per heavy atom. The molecule has 3 aromatic rings. The van der Waals surface area contributed by atoms with E-state index in [4.69, 9.17) is 14.1 Å². The number of benzene rings is 1. The Labute approximate surface area is 189 Å². The highest BCUT2D eigenvalue weighted by Crippen LogP contribution is 2.27. The van der Waals surface area contributed by atoms with E-state index < -0.39 is 0 Å². The van der Waals surface area contributed by atoms with Crippen molar-refractivity contribution < 1.29 is 9.15 Å². The van der Waals surface area contributed by atoms with E-state index in [9.17, 15) is 0 Å². The van der Waals surface area contributed by atoms with Crippen molar-refractivity contribution in [3.8, 4) is 16.5 Å². The van der Waals surface area contributed by atoms with Gasteiger partial charge in [-0.05, 0) is 81.4 Å². The molecule has 0 bridgehead atoms. The summed E-state index contributed by atoms with van der Waals surface area (Å²) >= 11 is 1.67. The zero-order valence-corrected chi connectivity index (χ0v) is 19.7. The molecule has 1 saturated heterocycles. The molecule has 6 heteroatoms. The van der Waals surface area contributed by atoms with Gasteiger partial charge in [-0.1, -0.05) is 18.2 Å². The Morgan fingerprint density at radius 3 is 2.65 bits per heavy atom. The van der Waals surface area contributed by atoms with Gasteiger partial charge in [0.1, 0.15) is 11.5 Å². The molecule has 0 aliphatic carbocycles. The molecule has 0 amide bonds. The third kappa shape index (κ3) is 5.97. The lowest BCUT2D eigenvalue weighted by Crippen LogP contribution is -2.38. The third-order valence-electron chi connectivity index (χ3n) is 6.20. The SMILES string of the molecule is COc1ccc(CCN2CCC(CN(C)Cc3nc(-c4cccs4)oc3C)CC2)cc1. The van der Waals surface area contributed by atoms with Crippen LogP contribution in [0, 0.1) is 12.8 Å². The number of aryl methyl sites for hydroxylation is 1. The van der Waals surface area contributed by atoms with Gasteiger partial charge in [-0.2, -0.15) is 0 Å². The summed E-state index contributed by atoms with van der Waals surface area (Å²) in [5, 5.41) is 2.06. The smallest absolute Gasteiger partial charge is 0.236 e. The number of piperidine rings is 1. The molecule has 1 aromatic carbocycles. The molecule has 0 N–H and O–H groups in total. The largest absolute Gasteiger partial charge is 0.497 e. The number of rotatable bonds is 9. The highest BCUT2D eigenvalue weighted by Gasteiger charge is 2.21. The molecule has 0 spiro atoms. The van der Waals surface area contributed by atoms with Crippen LogP contribution in [0.1, 0.15) is 29.9 Å². The maximum atomic E-state index is 5.90. The van der Waals surface area contributed by atoms with Gasteiger partial charge in [0.05, 0.1) is 17.7 Å². The average Bonchev–Trinajstić information content (AvgIpc) is 3.44. The molecular formula is C25H33N3O2S. The molecule has 4 rings (SSSR count). The second-order valence-corrected chi connectivity index (χ2v) is 9.53. The molecule has 3 heterocycles. The summed E-state index contributed by atoms with van der Waals surface area (Å²) in [7, 11) is 3.92. The Balaban J connectivity index is 1.20. The second-order valence-electron chi connectivity index (χ2n) is 8.58. The monoisotopic (exact) mass is 439 g/mol. The normalized spacial score (nSPS) is 15.6. The van der Waals surface area contributed by atoms with E-state index >= 15 is 0 Å². The maximum absolute atomic E-state index is 5.90. The predicted molar refractivity (Wildman–Crippen MR) is 127 cm³/mol. The van der Waals surface area contributed by atoms with Crippen LogP contribution in [0.2, 0.25) is 0 Å². The third-order valence-corrected chi connectivity index (χ3v) is 7.05. The van der Waals surface area contributed by atoms with Crippen molar-refractivity contribution in [2.24, 2.45) is 5.92 Å². The van der Waals surface area contributed by atoms with Gasteiger partial charge in [-0.25, -0.2) is 4.98 Å². The summed E-state index contributed by atoms with van der Waals surface area (Å²) in [6, 6.07) is 12.6. The topological polar surface area (TPSA) is 41.7 Å². The van der Waals surface area contributed by atoms with Crippen LogP contribution in [-0.4, -0.2) is 55.1 Å². The maximum Gasteiger partial charge on any atom is 0.236 e. The van der Waals surface area contributed by atoms with Gasteiger partial charge in [0.2, 0.25) is 5.89 Å². The fourth-order valence-corrected chi connectivity index (χ4v) is 4.96. The van der Waals surface area contributed by atoms with Crippen molar-refractivity contribution in [3.63, 3.8) is 0 Å². The average molecular weight is 440 g/mol. The van der Waals surface area contributed by atoms with E-state index in [1.807, 2.05) is 13.0 Å². The molecule has 166 valence electrons. The van der Waals surface area contributed by atoms with Crippen molar-refractivity contribution in [1.29, 1.82) is 0 Å². The number of hydrogen-bond donors (Lipinski definition) is 0. The molecule has 1 fully saturated rings.